The first kappa shape index (κ1) is 8.47. The van der Waals surface area contributed by atoms with Gasteiger partial charge in [-0.15, -0.1) is 11.8 Å². The zero-order valence-corrected chi connectivity index (χ0v) is 7.96. The van der Waals surface area contributed by atoms with Gasteiger partial charge >= 0.3 is 0 Å². The van der Waals surface area contributed by atoms with Gasteiger partial charge in [0.05, 0.1) is 0 Å². The summed E-state index contributed by atoms with van der Waals surface area (Å²) in [4.78, 5) is 1.35. The van der Waals surface area contributed by atoms with E-state index >= 15 is 0 Å². The van der Waals surface area contributed by atoms with E-state index in [4.69, 9.17) is 5.73 Å². The molecule has 0 unspecified atom stereocenters. The normalized spacial score (nSPS) is 10.1. The summed E-state index contributed by atoms with van der Waals surface area (Å²) >= 11 is 1.78. The Morgan fingerprint density at radius 3 is 2.00 bits per heavy atom. The Morgan fingerprint density at radius 2 is 1.64 bits per heavy atom. The van der Waals surface area contributed by atoms with Crippen LogP contribution in [-0.4, -0.2) is 6.26 Å². The summed E-state index contributed by atoms with van der Waals surface area (Å²) in [7, 11) is 0. The van der Waals surface area contributed by atoms with E-state index in [1.165, 1.54) is 16.0 Å². The van der Waals surface area contributed by atoms with Gasteiger partial charge in [0.1, 0.15) is 0 Å². The number of anilines is 1. The van der Waals surface area contributed by atoms with Crippen LogP contribution in [0.15, 0.2) is 17.0 Å². The minimum Gasteiger partial charge on any atom is -0.399 e. The third-order valence-electron chi connectivity index (χ3n) is 1.69. The Balaban J connectivity index is 3.25. The fraction of sp³-hybridized carbons (Fsp3) is 0.333. The molecule has 1 nitrogen and oxygen atoms in total. The van der Waals surface area contributed by atoms with Crippen molar-refractivity contribution in [3.63, 3.8) is 0 Å². The Hall–Kier alpha value is -0.630. The number of benzene rings is 1. The molecular formula is C9H13NS. The SMILES string of the molecule is CSc1c(C)cc(N)cc1C. The molecule has 0 bridgehead atoms. The molecule has 0 saturated heterocycles. The number of nitrogens with two attached hydrogens (primary N) is 1. The average Bonchev–Trinajstić information content (AvgIpc) is 1.85. The van der Waals surface area contributed by atoms with Gasteiger partial charge in [0.25, 0.3) is 0 Å². The van der Waals surface area contributed by atoms with Crippen LogP contribution in [0.3, 0.4) is 0 Å². The molecule has 2 N–H and O–H groups in total. The maximum Gasteiger partial charge on any atom is 0.0320 e. The van der Waals surface area contributed by atoms with E-state index in [1.54, 1.807) is 11.8 Å². The molecule has 0 heterocycles. The van der Waals surface area contributed by atoms with Crippen LogP contribution in [0.1, 0.15) is 11.1 Å². The molecule has 1 rings (SSSR count). The molecule has 11 heavy (non-hydrogen) atoms. The lowest BCUT2D eigenvalue weighted by Crippen LogP contribution is -1.90. The second kappa shape index (κ2) is 3.18. The molecule has 0 saturated carbocycles. The van der Waals surface area contributed by atoms with E-state index < -0.39 is 0 Å². The van der Waals surface area contributed by atoms with E-state index in [0.29, 0.717) is 0 Å². The summed E-state index contributed by atoms with van der Waals surface area (Å²) in [6.07, 6.45) is 2.09. The topological polar surface area (TPSA) is 26.0 Å². The highest BCUT2D eigenvalue weighted by molar-refractivity contribution is 7.98. The predicted octanol–water partition coefficient (Wildman–Crippen LogP) is 2.61. The van der Waals surface area contributed by atoms with Crippen LogP contribution in [0.4, 0.5) is 5.69 Å². The molecule has 0 aliphatic carbocycles. The molecule has 2 heteroatoms. The predicted molar refractivity (Wildman–Crippen MR) is 52.1 cm³/mol. The fourth-order valence-corrected chi connectivity index (χ4v) is 2.07. The molecule has 1 aromatic carbocycles. The smallest absolute Gasteiger partial charge is 0.0320 e. The summed E-state index contributed by atoms with van der Waals surface area (Å²) in [5, 5.41) is 0. The molecule has 0 aromatic heterocycles. The van der Waals surface area contributed by atoms with E-state index in [-0.39, 0.29) is 0 Å². The van der Waals surface area contributed by atoms with Crippen molar-refractivity contribution < 1.29 is 0 Å². The summed E-state index contributed by atoms with van der Waals surface area (Å²) in [5.41, 5.74) is 9.08. The van der Waals surface area contributed by atoms with Gasteiger partial charge in [0.2, 0.25) is 0 Å². The highest BCUT2D eigenvalue weighted by Crippen LogP contribution is 2.26. The lowest BCUT2D eigenvalue weighted by Gasteiger charge is -2.07. The van der Waals surface area contributed by atoms with Crippen LogP contribution in [0.25, 0.3) is 0 Å². The van der Waals surface area contributed by atoms with Crippen LogP contribution in [0, 0.1) is 13.8 Å². The molecule has 0 radical (unpaired) electrons. The summed E-state index contributed by atoms with van der Waals surface area (Å²) in [6.45, 7) is 4.18. The van der Waals surface area contributed by atoms with Gasteiger partial charge in [0, 0.05) is 10.6 Å². The van der Waals surface area contributed by atoms with Crippen LogP contribution >= 0.6 is 11.8 Å². The van der Waals surface area contributed by atoms with E-state index in [2.05, 4.69) is 20.1 Å². The quantitative estimate of drug-likeness (QED) is 0.514. The van der Waals surface area contributed by atoms with E-state index in [9.17, 15) is 0 Å². The summed E-state index contributed by atoms with van der Waals surface area (Å²) in [6, 6.07) is 4.03. The van der Waals surface area contributed by atoms with Crippen molar-refractivity contribution >= 4 is 17.4 Å². The zero-order chi connectivity index (χ0) is 8.43. The Morgan fingerprint density at radius 1 is 1.18 bits per heavy atom. The largest absolute Gasteiger partial charge is 0.399 e. The van der Waals surface area contributed by atoms with Crippen molar-refractivity contribution in [2.75, 3.05) is 12.0 Å². The third kappa shape index (κ3) is 1.69. The van der Waals surface area contributed by atoms with Crippen molar-refractivity contribution in [2.45, 2.75) is 18.7 Å². The average molecular weight is 167 g/mol. The third-order valence-corrected chi connectivity index (χ3v) is 2.74. The summed E-state index contributed by atoms with van der Waals surface area (Å²) < 4.78 is 0. The summed E-state index contributed by atoms with van der Waals surface area (Å²) in [5.74, 6) is 0. The molecule has 0 aliphatic heterocycles. The second-order valence-corrected chi connectivity index (χ2v) is 3.50. The second-order valence-electron chi connectivity index (χ2n) is 2.69. The number of hydrogen-bond acceptors (Lipinski definition) is 2. The molecule has 1 aromatic rings. The molecular weight excluding hydrogens is 154 g/mol. The monoisotopic (exact) mass is 167 g/mol. The van der Waals surface area contributed by atoms with E-state index in [0.717, 1.165) is 5.69 Å². The van der Waals surface area contributed by atoms with Crippen LogP contribution in [0.2, 0.25) is 0 Å². The molecule has 0 fully saturated rings. The first-order chi connectivity index (χ1) is 5.15. The molecule has 0 spiro atoms. The number of hydrogen-bond donors (Lipinski definition) is 1. The van der Waals surface area contributed by atoms with Crippen LogP contribution in [0.5, 0.6) is 0 Å². The van der Waals surface area contributed by atoms with Crippen molar-refractivity contribution in [2.24, 2.45) is 0 Å². The van der Waals surface area contributed by atoms with Gasteiger partial charge in [-0.2, -0.15) is 0 Å². The maximum absolute atomic E-state index is 5.67. The molecule has 0 amide bonds. The van der Waals surface area contributed by atoms with Gasteiger partial charge < -0.3 is 5.73 Å². The van der Waals surface area contributed by atoms with Crippen molar-refractivity contribution in [1.29, 1.82) is 0 Å². The number of nitrogen functional groups attached to an aromatic ring is 1. The van der Waals surface area contributed by atoms with E-state index in [1.807, 2.05) is 12.1 Å². The van der Waals surface area contributed by atoms with Crippen molar-refractivity contribution in [3.8, 4) is 0 Å². The van der Waals surface area contributed by atoms with Gasteiger partial charge in [-0.3, -0.25) is 0 Å². The number of thioether (sulfide) groups is 1. The van der Waals surface area contributed by atoms with Gasteiger partial charge in [-0.25, -0.2) is 0 Å². The maximum atomic E-state index is 5.67. The molecule has 60 valence electrons. The Labute approximate surface area is 72.0 Å². The van der Waals surface area contributed by atoms with Crippen LogP contribution in [-0.2, 0) is 0 Å². The Kier molecular flexibility index (Phi) is 2.45. The van der Waals surface area contributed by atoms with Gasteiger partial charge in [-0.05, 0) is 43.4 Å². The van der Waals surface area contributed by atoms with Gasteiger partial charge in [-0.1, -0.05) is 0 Å². The zero-order valence-electron chi connectivity index (χ0n) is 7.14. The Bertz CT molecular complexity index is 245. The molecule has 0 atom stereocenters. The minimum atomic E-state index is 0.859. The van der Waals surface area contributed by atoms with Crippen molar-refractivity contribution in [1.82, 2.24) is 0 Å². The fourth-order valence-electron chi connectivity index (χ4n) is 1.31. The highest BCUT2D eigenvalue weighted by Gasteiger charge is 2.00. The first-order valence-corrected chi connectivity index (χ1v) is 4.78. The molecule has 0 aliphatic rings. The standard InChI is InChI=1S/C9H13NS/c1-6-4-8(10)5-7(2)9(6)11-3/h4-5H,10H2,1-3H3. The van der Waals surface area contributed by atoms with Gasteiger partial charge in [0.15, 0.2) is 0 Å². The lowest BCUT2D eigenvalue weighted by molar-refractivity contribution is 1.22. The lowest BCUT2D eigenvalue weighted by atomic mass is 10.1. The van der Waals surface area contributed by atoms with Crippen LogP contribution < -0.4 is 5.73 Å². The highest BCUT2D eigenvalue weighted by atomic mass is 32.2. The number of aryl methyl sites for hydroxylation is 2. The first-order valence-electron chi connectivity index (χ1n) is 3.56. The van der Waals surface area contributed by atoms with Crippen molar-refractivity contribution in [3.05, 3.63) is 23.3 Å². The number of rotatable bonds is 1. The minimum absolute atomic E-state index is 0.859.